The smallest absolute Gasteiger partial charge is 0.0991 e. The lowest BCUT2D eigenvalue weighted by Crippen LogP contribution is -2.34. The number of nitrogens with zero attached hydrogens (tertiary/aromatic N) is 1. The van der Waals surface area contributed by atoms with Gasteiger partial charge in [0, 0.05) is 23.1 Å². The lowest BCUT2D eigenvalue weighted by atomic mass is 9.97. The van der Waals surface area contributed by atoms with Crippen molar-refractivity contribution in [3.05, 3.63) is 35.5 Å². The number of aromatic nitrogens is 1. The van der Waals surface area contributed by atoms with Gasteiger partial charge in [-0.3, -0.25) is 0 Å². The number of benzene rings is 1. The zero-order valence-corrected chi connectivity index (χ0v) is 11.1. The highest BCUT2D eigenvalue weighted by Crippen LogP contribution is 2.22. The van der Waals surface area contributed by atoms with Gasteiger partial charge in [0.05, 0.1) is 11.6 Å². The highest BCUT2D eigenvalue weighted by Gasteiger charge is 2.13. The first kappa shape index (κ1) is 12.3. The van der Waals surface area contributed by atoms with Crippen LogP contribution in [0.4, 0.5) is 0 Å². The molecule has 3 rings (SSSR count). The molecule has 98 valence electrons. The van der Waals surface area contributed by atoms with E-state index in [1.54, 1.807) is 0 Å². The number of aryl methyl sites for hydroxylation is 1. The molecule has 1 fully saturated rings. The molecule has 1 saturated heterocycles. The third kappa shape index (κ3) is 2.64. The summed E-state index contributed by atoms with van der Waals surface area (Å²) in [4.78, 5) is 3.30. The largest absolute Gasteiger partial charge is 0.361 e. The van der Waals surface area contributed by atoms with Gasteiger partial charge in [-0.1, -0.05) is 6.42 Å². The summed E-state index contributed by atoms with van der Waals surface area (Å²) in [7, 11) is 0. The molecule has 0 amide bonds. The van der Waals surface area contributed by atoms with E-state index in [2.05, 4.69) is 22.6 Å². The van der Waals surface area contributed by atoms with E-state index in [0.717, 1.165) is 24.0 Å². The van der Waals surface area contributed by atoms with Gasteiger partial charge in [-0.2, -0.15) is 5.26 Å². The van der Waals surface area contributed by atoms with Crippen molar-refractivity contribution in [1.29, 1.82) is 5.26 Å². The number of fused-ring (bicyclic) bond motifs is 1. The van der Waals surface area contributed by atoms with Gasteiger partial charge >= 0.3 is 0 Å². The van der Waals surface area contributed by atoms with Gasteiger partial charge in [0.2, 0.25) is 0 Å². The van der Waals surface area contributed by atoms with Crippen molar-refractivity contribution in [3.63, 3.8) is 0 Å². The van der Waals surface area contributed by atoms with Gasteiger partial charge in [-0.15, -0.1) is 0 Å². The number of rotatable bonds is 3. The fourth-order valence-electron chi connectivity index (χ4n) is 2.95. The molecule has 0 bridgehead atoms. The normalized spacial score (nSPS) is 19.4. The number of hydrogen-bond donors (Lipinski definition) is 2. The number of nitriles is 1. The third-order valence-electron chi connectivity index (χ3n) is 4.07. The van der Waals surface area contributed by atoms with Crippen LogP contribution in [0.5, 0.6) is 0 Å². The fraction of sp³-hybridized carbons (Fsp3) is 0.438. The summed E-state index contributed by atoms with van der Waals surface area (Å²) in [5, 5.41) is 13.8. The Bertz CT molecular complexity index is 600. The SMILES string of the molecule is N#Cc1ccc2[nH]cc(CCC3CCCCN3)c2c1. The van der Waals surface area contributed by atoms with Crippen LogP contribution in [0.1, 0.15) is 36.8 Å². The molecule has 2 heterocycles. The van der Waals surface area contributed by atoms with Crippen molar-refractivity contribution in [2.75, 3.05) is 6.54 Å². The molecule has 1 unspecified atom stereocenters. The van der Waals surface area contributed by atoms with Gasteiger partial charge in [-0.05, 0) is 56.0 Å². The molecule has 1 aromatic carbocycles. The Hall–Kier alpha value is -1.79. The van der Waals surface area contributed by atoms with E-state index < -0.39 is 0 Å². The van der Waals surface area contributed by atoms with Gasteiger partial charge in [0.25, 0.3) is 0 Å². The Kier molecular flexibility index (Phi) is 3.52. The zero-order chi connectivity index (χ0) is 13.1. The fourth-order valence-corrected chi connectivity index (χ4v) is 2.95. The summed E-state index contributed by atoms with van der Waals surface area (Å²) in [6.45, 7) is 1.16. The van der Waals surface area contributed by atoms with Crippen molar-refractivity contribution >= 4 is 10.9 Å². The van der Waals surface area contributed by atoms with Crippen LogP contribution in [0.25, 0.3) is 10.9 Å². The van der Waals surface area contributed by atoms with E-state index in [1.165, 1.54) is 36.6 Å². The summed E-state index contributed by atoms with van der Waals surface area (Å²) in [5.74, 6) is 0. The average molecular weight is 253 g/mol. The maximum absolute atomic E-state index is 8.99. The number of aromatic amines is 1. The molecule has 2 N–H and O–H groups in total. The molecule has 0 saturated carbocycles. The first-order valence-corrected chi connectivity index (χ1v) is 7.10. The van der Waals surface area contributed by atoms with Crippen LogP contribution in [0.15, 0.2) is 24.4 Å². The summed E-state index contributed by atoms with van der Waals surface area (Å²) < 4.78 is 0. The number of piperidine rings is 1. The van der Waals surface area contributed by atoms with Crippen LogP contribution in [-0.4, -0.2) is 17.6 Å². The molecule has 1 aromatic heterocycles. The van der Waals surface area contributed by atoms with Gasteiger partial charge < -0.3 is 10.3 Å². The maximum Gasteiger partial charge on any atom is 0.0991 e. The molecule has 1 atom stereocenters. The van der Waals surface area contributed by atoms with Gasteiger partial charge in [0.15, 0.2) is 0 Å². The van der Waals surface area contributed by atoms with Crippen LogP contribution >= 0.6 is 0 Å². The van der Waals surface area contributed by atoms with Crippen LogP contribution in [0, 0.1) is 11.3 Å². The molecule has 0 spiro atoms. The van der Waals surface area contributed by atoms with Gasteiger partial charge in [0.1, 0.15) is 0 Å². The Labute approximate surface area is 113 Å². The maximum atomic E-state index is 8.99. The predicted octanol–water partition coefficient (Wildman–Crippen LogP) is 3.11. The van der Waals surface area contributed by atoms with Crippen molar-refractivity contribution in [1.82, 2.24) is 10.3 Å². The number of H-pyrrole nitrogens is 1. The minimum Gasteiger partial charge on any atom is -0.361 e. The van der Waals surface area contributed by atoms with E-state index in [-0.39, 0.29) is 0 Å². The van der Waals surface area contributed by atoms with Crippen LogP contribution < -0.4 is 5.32 Å². The average Bonchev–Trinajstić information content (AvgIpc) is 2.88. The van der Waals surface area contributed by atoms with Crippen molar-refractivity contribution in [2.24, 2.45) is 0 Å². The van der Waals surface area contributed by atoms with Crippen LogP contribution in [0.3, 0.4) is 0 Å². The minimum absolute atomic E-state index is 0.665. The zero-order valence-electron chi connectivity index (χ0n) is 11.1. The molecular weight excluding hydrogens is 234 g/mol. The topological polar surface area (TPSA) is 51.6 Å². The van der Waals surface area contributed by atoms with E-state index in [4.69, 9.17) is 5.26 Å². The summed E-state index contributed by atoms with van der Waals surface area (Å²) in [5.41, 5.74) is 3.20. The van der Waals surface area contributed by atoms with E-state index in [9.17, 15) is 0 Å². The molecule has 1 aliphatic heterocycles. The second-order valence-corrected chi connectivity index (χ2v) is 5.37. The number of hydrogen-bond acceptors (Lipinski definition) is 2. The predicted molar refractivity (Wildman–Crippen MR) is 77.0 cm³/mol. The van der Waals surface area contributed by atoms with Crippen LogP contribution in [-0.2, 0) is 6.42 Å². The van der Waals surface area contributed by atoms with E-state index in [0.29, 0.717) is 6.04 Å². The van der Waals surface area contributed by atoms with E-state index >= 15 is 0 Å². The van der Waals surface area contributed by atoms with Crippen molar-refractivity contribution < 1.29 is 0 Å². The minimum atomic E-state index is 0.665. The molecule has 19 heavy (non-hydrogen) atoms. The third-order valence-corrected chi connectivity index (χ3v) is 4.07. The number of nitrogens with one attached hydrogen (secondary N) is 2. The first-order valence-electron chi connectivity index (χ1n) is 7.10. The Balaban J connectivity index is 1.75. The molecule has 0 aliphatic carbocycles. The highest BCUT2D eigenvalue weighted by atomic mass is 14.9. The molecule has 0 radical (unpaired) electrons. The standard InChI is InChI=1S/C16H19N3/c17-10-12-4-7-16-15(9-12)13(11-19-16)5-6-14-3-1-2-8-18-14/h4,7,9,11,14,18-19H,1-3,5-6,8H2. The molecular formula is C16H19N3. The Morgan fingerprint density at radius 2 is 2.26 bits per heavy atom. The summed E-state index contributed by atoms with van der Waals surface area (Å²) in [6, 6.07) is 8.74. The quantitative estimate of drug-likeness (QED) is 0.883. The molecule has 1 aliphatic rings. The Morgan fingerprint density at radius 3 is 3.05 bits per heavy atom. The highest BCUT2D eigenvalue weighted by molar-refractivity contribution is 5.84. The summed E-state index contributed by atoms with van der Waals surface area (Å²) >= 11 is 0. The lowest BCUT2D eigenvalue weighted by Gasteiger charge is -2.23. The van der Waals surface area contributed by atoms with Gasteiger partial charge in [-0.25, -0.2) is 0 Å². The first-order chi connectivity index (χ1) is 9.36. The molecule has 3 nitrogen and oxygen atoms in total. The monoisotopic (exact) mass is 253 g/mol. The Morgan fingerprint density at radius 1 is 1.32 bits per heavy atom. The molecule has 2 aromatic rings. The second kappa shape index (κ2) is 5.46. The summed E-state index contributed by atoms with van der Waals surface area (Å²) in [6.07, 6.45) is 8.32. The van der Waals surface area contributed by atoms with Crippen molar-refractivity contribution in [3.8, 4) is 6.07 Å². The van der Waals surface area contributed by atoms with Crippen LogP contribution in [0.2, 0.25) is 0 Å². The van der Waals surface area contributed by atoms with E-state index in [1.807, 2.05) is 18.2 Å². The van der Waals surface area contributed by atoms with Crippen molar-refractivity contribution in [2.45, 2.75) is 38.1 Å². The second-order valence-electron chi connectivity index (χ2n) is 5.37. The molecule has 3 heteroatoms. The lowest BCUT2D eigenvalue weighted by molar-refractivity contribution is 0.383.